The third kappa shape index (κ3) is 2.89. The zero-order valence-corrected chi connectivity index (χ0v) is 12.6. The highest BCUT2D eigenvalue weighted by Gasteiger charge is 2.14. The standard InChI is InChI=1S/C19H19NO/c1-19(2,3)16-11-9-15(10-12-16)18-13-17(20-21-18)14-7-5-4-6-8-14/h4-13H,1-3H3. The fraction of sp³-hybridized carbons (Fsp3) is 0.211. The maximum atomic E-state index is 5.48. The van der Waals surface area contributed by atoms with Gasteiger partial charge in [0.1, 0.15) is 5.69 Å². The van der Waals surface area contributed by atoms with Crippen molar-refractivity contribution in [3.8, 4) is 22.6 Å². The second kappa shape index (κ2) is 5.21. The average Bonchev–Trinajstić information content (AvgIpc) is 2.97. The van der Waals surface area contributed by atoms with Crippen LogP contribution in [0.4, 0.5) is 0 Å². The molecular weight excluding hydrogens is 258 g/mol. The van der Waals surface area contributed by atoms with E-state index in [4.69, 9.17) is 4.52 Å². The summed E-state index contributed by atoms with van der Waals surface area (Å²) in [6.45, 7) is 6.64. The summed E-state index contributed by atoms with van der Waals surface area (Å²) in [6, 6.07) is 20.5. The maximum Gasteiger partial charge on any atom is 0.167 e. The van der Waals surface area contributed by atoms with Crippen LogP contribution < -0.4 is 0 Å². The Morgan fingerprint density at radius 2 is 1.48 bits per heavy atom. The summed E-state index contributed by atoms with van der Waals surface area (Å²) in [7, 11) is 0. The van der Waals surface area contributed by atoms with Gasteiger partial charge in [0.25, 0.3) is 0 Å². The van der Waals surface area contributed by atoms with Crippen LogP contribution in [0.1, 0.15) is 26.3 Å². The van der Waals surface area contributed by atoms with E-state index in [1.54, 1.807) is 0 Å². The van der Waals surface area contributed by atoms with Crippen molar-refractivity contribution < 1.29 is 4.52 Å². The summed E-state index contributed by atoms with van der Waals surface area (Å²) in [5.41, 5.74) is 4.46. The number of aromatic nitrogens is 1. The van der Waals surface area contributed by atoms with E-state index in [0.717, 1.165) is 22.6 Å². The highest BCUT2D eigenvalue weighted by atomic mass is 16.5. The van der Waals surface area contributed by atoms with E-state index in [1.807, 2.05) is 36.4 Å². The van der Waals surface area contributed by atoms with Gasteiger partial charge in [0.15, 0.2) is 5.76 Å². The van der Waals surface area contributed by atoms with Crippen LogP contribution in [0.15, 0.2) is 65.2 Å². The first-order valence-electron chi connectivity index (χ1n) is 7.17. The molecule has 2 heteroatoms. The molecule has 0 spiro atoms. The van der Waals surface area contributed by atoms with Crippen LogP contribution in [0.3, 0.4) is 0 Å². The van der Waals surface area contributed by atoms with Crippen molar-refractivity contribution >= 4 is 0 Å². The molecule has 0 saturated carbocycles. The van der Waals surface area contributed by atoms with Crippen molar-refractivity contribution in [1.82, 2.24) is 5.16 Å². The Morgan fingerprint density at radius 1 is 0.810 bits per heavy atom. The maximum absolute atomic E-state index is 5.48. The van der Waals surface area contributed by atoms with E-state index >= 15 is 0 Å². The van der Waals surface area contributed by atoms with Gasteiger partial charge in [0.2, 0.25) is 0 Å². The van der Waals surface area contributed by atoms with Crippen molar-refractivity contribution in [2.24, 2.45) is 0 Å². The molecule has 0 aliphatic rings. The molecule has 2 aromatic carbocycles. The molecule has 1 heterocycles. The van der Waals surface area contributed by atoms with Gasteiger partial charge in [-0.1, -0.05) is 80.5 Å². The number of benzene rings is 2. The topological polar surface area (TPSA) is 26.0 Å². The van der Waals surface area contributed by atoms with Gasteiger partial charge in [0.05, 0.1) is 0 Å². The lowest BCUT2D eigenvalue weighted by Crippen LogP contribution is -2.10. The molecule has 0 aliphatic carbocycles. The first-order valence-corrected chi connectivity index (χ1v) is 7.17. The van der Waals surface area contributed by atoms with Crippen LogP contribution in [-0.2, 0) is 5.41 Å². The van der Waals surface area contributed by atoms with E-state index in [-0.39, 0.29) is 5.41 Å². The summed E-state index contributed by atoms with van der Waals surface area (Å²) in [5, 5.41) is 4.16. The number of nitrogens with zero attached hydrogens (tertiary/aromatic N) is 1. The molecule has 21 heavy (non-hydrogen) atoms. The molecule has 0 unspecified atom stereocenters. The molecule has 1 aromatic heterocycles. The summed E-state index contributed by atoms with van der Waals surface area (Å²) in [4.78, 5) is 0. The normalized spacial score (nSPS) is 11.6. The summed E-state index contributed by atoms with van der Waals surface area (Å²) in [6.07, 6.45) is 0. The molecule has 3 rings (SSSR count). The number of hydrogen-bond donors (Lipinski definition) is 0. The lowest BCUT2D eigenvalue weighted by molar-refractivity contribution is 0.435. The number of rotatable bonds is 2. The van der Waals surface area contributed by atoms with Crippen molar-refractivity contribution in [3.05, 3.63) is 66.2 Å². The predicted molar refractivity (Wildman–Crippen MR) is 86.1 cm³/mol. The Labute approximate surface area is 125 Å². The van der Waals surface area contributed by atoms with Gasteiger partial charge in [-0.3, -0.25) is 0 Å². The zero-order chi connectivity index (χ0) is 14.9. The molecule has 0 bridgehead atoms. The minimum Gasteiger partial charge on any atom is -0.356 e. The molecule has 0 fully saturated rings. The van der Waals surface area contributed by atoms with E-state index in [1.165, 1.54) is 5.56 Å². The van der Waals surface area contributed by atoms with Gasteiger partial charge in [-0.25, -0.2) is 0 Å². The van der Waals surface area contributed by atoms with E-state index in [9.17, 15) is 0 Å². The van der Waals surface area contributed by atoms with Crippen molar-refractivity contribution in [1.29, 1.82) is 0 Å². The summed E-state index contributed by atoms with van der Waals surface area (Å²) < 4.78 is 5.48. The van der Waals surface area contributed by atoms with Gasteiger partial charge < -0.3 is 4.52 Å². The molecule has 0 N–H and O–H groups in total. The highest BCUT2D eigenvalue weighted by molar-refractivity contribution is 5.66. The first kappa shape index (κ1) is 13.6. The Hall–Kier alpha value is -2.35. The van der Waals surface area contributed by atoms with Crippen LogP contribution in [0.5, 0.6) is 0 Å². The van der Waals surface area contributed by atoms with Gasteiger partial charge in [-0.15, -0.1) is 0 Å². The smallest absolute Gasteiger partial charge is 0.167 e. The third-order valence-electron chi connectivity index (χ3n) is 3.62. The molecule has 3 aromatic rings. The quantitative estimate of drug-likeness (QED) is 0.634. The molecule has 106 valence electrons. The number of hydrogen-bond acceptors (Lipinski definition) is 2. The van der Waals surface area contributed by atoms with Crippen LogP contribution in [-0.4, -0.2) is 5.16 Å². The highest BCUT2D eigenvalue weighted by Crippen LogP contribution is 2.28. The molecule has 0 amide bonds. The second-order valence-corrected chi connectivity index (χ2v) is 6.27. The first-order chi connectivity index (χ1) is 10.0. The monoisotopic (exact) mass is 277 g/mol. The van der Waals surface area contributed by atoms with Crippen LogP contribution in [0, 0.1) is 0 Å². The molecule has 0 radical (unpaired) electrons. The largest absolute Gasteiger partial charge is 0.356 e. The SMILES string of the molecule is CC(C)(C)c1ccc(-c2cc(-c3ccccc3)no2)cc1. The molecular formula is C19H19NO. The lowest BCUT2D eigenvalue weighted by Gasteiger charge is -2.18. The van der Waals surface area contributed by atoms with Crippen molar-refractivity contribution in [2.75, 3.05) is 0 Å². The van der Waals surface area contributed by atoms with Crippen molar-refractivity contribution in [2.45, 2.75) is 26.2 Å². The average molecular weight is 277 g/mol. The Balaban J connectivity index is 1.90. The van der Waals surface area contributed by atoms with Crippen LogP contribution in [0.25, 0.3) is 22.6 Å². The molecule has 0 saturated heterocycles. The van der Waals surface area contributed by atoms with E-state index in [0.29, 0.717) is 0 Å². The molecule has 2 nitrogen and oxygen atoms in total. The van der Waals surface area contributed by atoms with Gasteiger partial charge in [-0.2, -0.15) is 0 Å². The van der Waals surface area contributed by atoms with E-state index in [2.05, 4.69) is 50.2 Å². The predicted octanol–water partition coefficient (Wildman–Crippen LogP) is 5.31. The minimum atomic E-state index is 0.162. The van der Waals surface area contributed by atoms with Crippen LogP contribution in [0.2, 0.25) is 0 Å². The summed E-state index contributed by atoms with van der Waals surface area (Å²) >= 11 is 0. The fourth-order valence-corrected chi connectivity index (χ4v) is 2.29. The Bertz CT molecular complexity index is 718. The van der Waals surface area contributed by atoms with E-state index < -0.39 is 0 Å². The zero-order valence-electron chi connectivity index (χ0n) is 12.6. The summed E-state index contributed by atoms with van der Waals surface area (Å²) in [5.74, 6) is 0.800. The molecule has 0 aliphatic heterocycles. The molecule has 0 atom stereocenters. The van der Waals surface area contributed by atoms with Gasteiger partial charge in [-0.05, 0) is 11.0 Å². The second-order valence-electron chi connectivity index (χ2n) is 6.27. The van der Waals surface area contributed by atoms with Gasteiger partial charge in [0, 0.05) is 17.2 Å². The minimum absolute atomic E-state index is 0.162. The van der Waals surface area contributed by atoms with Crippen molar-refractivity contribution in [3.63, 3.8) is 0 Å². The Kier molecular flexibility index (Phi) is 3.38. The third-order valence-corrected chi connectivity index (χ3v) is 3.62. The van der Waals surface area contributed by atoms with Gasteiger partial charge >= 0.3 is 0 Å². The lowest BCUT2D eigenvalue weighted by atomic mass is 9.86. The Morgan fingerprint density at radius 3 is 2.10 bits per heavy atom. The fourth-order valence-electron chi connectivity index (χ4n) is 2.29. The van der Waals surface area contributed by atoms with Crippen LogP contribution >= 0.6 is 0 Å².